The first-order valence-corrected chi connectivity index (χ1v) is 7.55. The van der Waals surface area contributed by atoms with Crippen LogP contribution in [0.1, 0.15) is 5.56 Å². The molecular formula is C19H14FN3O. The average Bonchev–Trinajstić information content (AvgIpc) is 3.05. The summed E-state index contributed by atoms with van der Waals surface area (Å²) in [5.74, 6) is -0.407. The summed E-state index contributed by atoms with van der Waals surface area (Å²) >= 11 is 0. The van der Waals surface area contributed by atoms with Crippen LogP contribution >= 0.6 is 0 Å². The minimum absolute atomic E-state index is 0.293. The Morgan fingerprint density at radius 3 is 2.67 bits per heavy atom. The van der Waals surface area contributed by atoms with Gasteiger partial charge in [-0.2, -0.15) is 0 Å². The lowest BCUT2D eigenvalue weighted by molar-refractivity contribution is 0.276. The molecule has 1 N–H and O–H groups in total. The summed E-state index contributed by atoms with van der Waals surface area (Å²) < 4.78 is 15.8. The zero-order valence-electron chi connectivity index (χ0n) is 12.7. The average molecular weight is 319 g/mol. The van der Waals surface area contributed by atoms with Crippen LogP contribution in [0, 0.1) is 5.82 Å². The molecule has 0 aliphatic carbocycles. The highest BCUT2D eigenvalue weighted by atomic mass is 19.1. The van der Waals surface area contributed by atoms with Crippen LogP contribution in [0.4, 0.5) is 4.39 Å². The van der Waals surface area contributed by atoms with Crippen molar-refractivity contribution in [1.29, 1.82) is 0 Å². The number of fused-ring (bicyclic) bond motifs is 1. The highest BCUT2D eigenvalue weighted by molar-refractivity contribution is 5.69. The van der Waals surface area contributed by atoms with Crippen LogP contribution in [-0.2, 0) is 6.61 Å². The smallest absolute Gasteiger partial charge is 0.137 e. The maximum atomic E-state index is 13.9. The molecule has 0 saturated carbocycles. The molecule has 0 unspecified atom stereocenters. The number of hydrogen-bond acceptors (Lipinski definition) is 3. The van der Waals surface area contributed by atoms with Gasteiger partial charge in [0.25, 0.3) is 0 Å². The quantitative estimate of drug-likeness (QED) is 0.626. The molecule has 4 aromatic rings. The van der Waals surface area contributed by atoms with Gasteiger partial charge in [-0.3, -0.25) is 4.98 Å². The highest BCUT2D eigenvalue weighted by Gasteiger charge is 2.11. The van der Waals surface area contributed by atoms with Crippen LogP contribution in [0.15, 0.2) is 67.1 Å². The molecule has 24 heavy (non-hydrogen) atoms. The number of nitrogens with zero attached hydrogens (tertiary/aromatic N) is 3. The highest BCUT2D eigenvalue weighted by Crippen LogP contribution is 2.27. The molecule has 1 aromatic carbocycles. The van der Waals surface area contributed by atoms with E-state index in [-0.39, 0.29) is 6.61 Å². The fourth-order valence-electron chi connectivity index (χ4n) is 2.78. The lowest BCUT2D eigenvalue weighted by atomic mass is 10.0. The van der Waals surface area contributed by atoms with E-state index >= 15 is 0 Å². The number of aliphatic hydroxyl groups excluding tert-OH is 1. The normalized spacial score (nSPS) is 11.1. The minimum Gasteiger partial charge on any atom is -0.392 e. The molecule has 0 aliphatic heterocycles. The molecule has 118 valence electrons. The molecule has 0 saturated heterocycles. The van der Waals surface area contributed by atoms with Crippen molar-refractivity contribution in [2.75, 3.05) is 0 Å². The number of rotatable bonds is 3. The fraction of sp³-hybridized carbons (Fsp3) is 0.0526. The van der Waals surface area contributed by atoms with Crippen molar-refractivity contribution in [2.24, 2.45) is 0 Å². The Labute approximate surface area is 137 Å². The van der Waals surface area contributed by atoms with Crippen LogP contribution in [0.5, 0.6) is 0 Å². The molecule has 3 heterocycles. The predicted molar refractivity (Wildman–Crippen MR) is 89.7 cm³/mol. The van der Waals surface area contributed by atoms with Gasteiger partial charge in [0.2, 0.25) is 0 Å². The van der Waals surface area contributed by atoms with Crippen molar-refractivity contribution in [3.05, 3.63) is 78.5 Å². The van der Waals surface area contributed by atoms with Crippen molar-refractivity contribution < 1.29 is 9.50 Å². The second kappa shape index (κ2) is 5.86. The molecule has 5 heteroatoms. The van der Waals surface area contributed by atoms with E-state index in [4.69, 9.17) is 0 Å². The van der Waals surface area contributed by atoms with Gasteiger partial charge >= 0.3 is 0 Å². The predicted octanol–water partition coefficient (Wildman–Crippen LogP) is 3.69. The van der Waals surface area contributed by atoms with Crippen molar-refractivity contribution >= 4 is 5.65 Å². The van der Waals surface area contributed by atoms with E-state index in [9.17, 15) is 9.50 Å². The van der Waals surface area contributed by atoms with Crippen LogP contribution in [-0.4, -0.2) is 19.5 Å². The third-order valence-corrected chi connectivity index (χ3v) is 3.97. The second-order valence-electron chi connectivity index (χ2n) is 5.45. The minimum atomic E-state index is -0.407. The number of imidazole rings is 1. The van der Waals surface area contributed by atoms with E-state index in [1.807, 2.05) is 47.1 Å². The lowest BCUT2D eigenvalue weighted by Crippen LogP contribution is -1.95. The number of aromatic nitrogens is 3. The summed E-state index contributed by atoms with van der Waals surface area (Å²) in [4.78, 5) is 8.86. The topological polar surface area (TPSA) is 50.4 Å². The van der Waals surface area contributed by atoms with Gasteiger partial charge in [0.05, 0.1) is 12.3 Å². The van der Waals surface area contributed by atoms with Crippen molar-refractivity contribution in [2.45, 2.75) is 6.61 Å². The van der Waals surface area contributed by atoms with Gasteiger partial charge in [0.15, 0.2) is 0 Å². The zero-order valence-corrected chi connectivity index (χ0v) is 12.7. The standard InChI is InChI=1S/C19H14FN3O/c20-16-5-3-4-14(15(16)12-24)13-7-8-19-22-18(11-23(19)10-13)17-6-1-2-9-21-17/h1-11,24H,12H2. The van der Waals surface area contributed by atoms with E-state index in [1.165, 1.54) is 6.07 Å². The Bertz CT molecular complexity index is 1010. The molecule has 0 fully saturated rings. The Hall–Kier alpha value is -3.05. The third kappa shape index (κ3) is 2.45. The zero-order chi connectivity index (χ0) is 16.5. The molecular weight excluding hydrogens is 305 g/mol. The summed E-state index contributed by atoms with van der Waals surface area (Å²) in [6, 6.07) is 14.2. The first-order chi connectivity index (χ1) is 11.8. The Morgan fingerprint density at radius 1 is 0.958 bits per heavy atom. The largest absolute Gasteiger partial charge is 0.392 e. The molecule has 0 amide bonds. The number of hydrogen-bond donors (Lipinski definition) is 1. The molecule has 0 bridgehead atoms. The van der Waals surface area contributed by atoms with Crippen molar-refractivity contribution in [3.8, 4) is 22.5 Å². The molecule has 4 rings (SSSR count). The maximum Gasteiger partial charge on any atom is 0.137 e. The van der Waals surface area contributed by atoms with Gasteiger partial charge in [0.1, 0.15) is 17.2 Å². The van der Waals surface area contributed by atoms with Crippen LogP contribution < -0.4 is 0 Å². The summed E-state index contributed by atoms with van der Waals surface area (Å²) in [5.41, 5.74) is 4.13. The van der Waals surface area contributed by atoms with Crippen LogP contribution in [0.25, 0.3) is 28.2 Å². The van der Waals surface area contributed by atoms with Gasteiger partial charge in [-0.05, 0) is 41.5 Å². The van der Waals surface area contributed by atoms with Gasteiger partial charge in [-0.1, -0.05) is 18.2 Å². The van der Waals surface area contributed by atoms with E-state index in [1.54, 1.807) is 18.3 Å². The van der Waals surface area contributed by atoms with Crippen molar-refractivity contribution in [1.82, 2.24) is 14.4 Å². The molecule has 4 nitrogen and oxygen atoms in total. The first-order valence-electron chi connectivity index (χ1n) is 7.55. The summed E-state index contributed by atoms with van der Waals surface area (Å²) in [6.45, 7) is -0.344. The number of pyridine rings is 2. The number of benzene rings is 1. The molecule has 0 radical (unpaired) electrons. The Balaban J connectivity index is 1.84. The Morgan fingerprint density at radius 2 is 1.88 bits per heavy atom. The van der Waals surface area contributed by atoms with E-state index in [0.29, 0.717) is 11.1 Å². The molecule has 0 atom stereocenters. The lowest BCUT2D eigenvalue weighted by Gasteiger charge is -2.09. The molecule has 0 spiro atoms. The van der Waals surface area contributed by atoms with Gasteiger partial charge in [-0.25, -0.2) is 9.37 Å². The summed E-state index contributed by atoms with van der Waals surface area (Å²) in [5, 5.41) is 9.46. The SMILES string of the molecule is OCc1c(F)cccc1-c1ccc2nc(-c3ccccn3)cn2c1. The first kappa shape index (κ1) is 14.5. The van der Waals surface area contributed by atoms with E-state index in [0.717, 1.165) is 22.6 Å². The Kier molecular flexibility index (Phi) is 3.55. The summed E-state index contributed by atoms with van der Waals surface area (Å²) in [7, 11) is 0. The summed E-state index contributed by atoms with van der Waals surface area (Å²) in [6.07, 6.45) is 5.49. The van der Waals surface area contributed by atoms with Crippen molar-refractivity contribution in [3.63, 3.8) is 0 Å². The third-order valence-electron chi connectivity index (χ3n) is 3.97. The monoisotopic (exact) mass is 319 g/mol. The molecule has 3 aromatic heterocycles. The fourth-order valence-corrected chi connectivity index (χ4v) is 2.78. The van der Waals surface area contributed by atoms with Crippen LogP contribution in [0.3, 0.4) is 0 Å². The van der Waals surface area contributed by atoms with E-state index < -0.39 is 5.82 Å². The van der Waals surface area contributed by atoms with E-state index in [2.05, 4.69) is 9.97 Å². The van der Waals surface area contributed by atoms with Gasteiger partial charge in [0, 0.05) is 24.2 Å². The van der Waals surface area contributed by atoms with Gasteiger partial charge in [-0.15, -0.1) is 0 Å². The second-order valence-corrected chi connectivity index (χ2v) is 5.45. The maximum absolute atomic E-state index is 13.9. The van der Waals surface area contributed by atoms with Gasteiger partial charge < -0.3 is 9.51 Å². The van der Waals surface area contributed by atoms with Crippen LogP contribution in [0.2, 0.25) is 0 Å². The number of halogens is 1. The number of aliphatic hydroxyl groups is 1. The molecule has 0 aliphatic rings.